The molecule has 16 heavy (non-hydrogen) atoms. The second-order valence-corrected chi connectivity index (χ2v) is 4.41. The van der Waals surface area contributed by atoms with Crippen LogP contribution in [0.4, 0.5) is 0 Å². The molecule has 1 aliphatic heterocycles. The zero-order valence-electron chi connectivity index (χ0n) is 9.97. The van der Waals surface area contributed by atoms with Crippen LogP contribution < -0.4 is 5.32 Å². The quantitative estimate of drug-likeness (QED) is 0.768. The molecule has 0 unspecified atom stereocenters. The molecular formula is C12H19N3O. The number of hydrogen-bond donors (Lipinski definition) is 2. The van der Waals surface area contributed by atoms with E-state index < -0.39 is 0 Å². The van der Waals surface area contributed by atoms with Gasteiger partial charge in [0.1, 0.15) is 0 Å². The summed E-state index contributed by atoms with van der Waals surface area (Å²) in [6.45, 7) is 7.54. The van der Waals surface area contributed by atoms with Gasteiger partial charge in [0.25, 0.3) is 0 Å². The third-order valence-corrected chi connectivity index (χ3v) is 3.07. The lowest BCUT2D eigenvalue weighted by atomic mass is 10.1. The van der Waals surface area contributed by atoms with Crippen LogP contribution >= 0.6 is 0 Å². The van der Waals surface area contributed by atoms with E-state index in [0.29, 0.717) is 6.42 Å². The molecule has 0 aliphatic carbocycles. The Hall–Kier alpha value is -1.29. The van der Waals surface area contributed by atoms with Gasteiger partial charge in [-0.25, -0.2) is 0 Å². The molecule has 1 saturated heterocycles. The third kappa shape index (κ3) is 2.44. The number of aromatic nitrogens is 1. The summed E-state index contributed by atoms with van der Waals surface area (Å²) >= 11 is 0. The maximum atomic E-state index is 12.0. The van der Waals surface area contributed by atoms with E-state index in [0.717, 1.165) is 43.1 Å². The van der Waals surface area contributed by atoms with Crippen molar-refractivity contribution in [3.05, 3.63) is 23.0 Å². The highest BCUT2D eigenvalue weighted by Gasteiger charge is 2.17. The highest BCUT2D eigenvalue weighted by molar-refractivity contribution is 5.79. The molecule has 1 aliphatic rings. The molecule has 0 saturated carbocycles. The Bertz CT molecular complexity index is 378. The molecule has 2 heterocycles. The Labute approximate surface area is 96.0 Å². The lowest BCUT2D eigenvalue weighted by Gasteiger charge is -2.27. The van der Waals surface area contributed by atoms with Gasteiger partial charge in [0.15, 0.2) is 0 Å². The first-order chi connectivity index (χ1) is 7.66. The molecule has 0 radical (unpaired) electrons. The number of nitrogens with zero attached hydrogens (tertiary/aromatic N) is 1. The van der Waals surface area contributed by atoms with E-state index in [1.807, 2.05) is 18.7 Å². The van der Waals surface area contributed by atoms with Gasteiger partial charge in [0.05, 0.1) is 6.42 Å². The monoisotopic (exact) mass is 221 g/mol. The Morgan fingerprint density at radius 3 is 2.62 bits per heavy atom. The number of aryl methyl sites for hydroxylation is 2. The highest BCUT2D eigenvalue weighted by Crippen LogP contribution is 2.11. The van der Waals surface area contributed by atoms with Gasteiger partial charge < -0.3 is 15.2 Å². The number of nitrogens with one attached hydrogen (secondary N) is 2. The van der Waals surface area contributed by atoms with Crippen LogP contribution in [0.3, 0.4) is 0 Å². The first-order valence-corrected chi connectivity index (χ1v) is 5.80. The van der Waals surface area contributed by atoms with Gasteiger partial charge in [-0.1, -0.05) is 0 Å². The summed E-state index contributed by atoms with van der Waals surface area (Å²) in [5.41, 5.74) is 3.36. The molecule has 1 fully saturated rings. The van der Waals surface area contributed by atoms with E-state index in [2.05, 4.69) is 16.4 Å². The molecule has 2 rings (SSSR count). The van der Waals surface area contributed by atoms with Gasteiger partial charge in [0.2, 0.25) is 5.91 Å². The number of H-pyrrole nitrogens is 1. The van der Waals surface area contributed by atoms with Crippen LogP contribution in [0, 0.1) is 13.8 Å². The molecule has 1 amide bonds. The van der Waals surface area contributed by atoms with Gasteiger partial charge in [-0.2, -0.15) is 0 Å². The fourth-order valence-corrected chi connectivity index (χ4v) is 2.15. The van der Waals surface area contributed by atoms with Gasteiger partial charge in [-0.3, -0.25) is 4.79 Å². The van der Waals surface area contributed by atoms with Crippen molar-refractivity contribution in [3.8, 4) is 0 Å². The van der Waals surface area contributed by atoms with Gasteiger partial charge >= 0.3 is 0 Å². The van der Waals surface area contributed by atoms with Crippen molar-refractivity contribution < 1.29 is 4.79 Å². The molecule has 0 spiro atoms. The molecule has 0 atom stereocenters. The molecule has 1 aromatic heterocycles. The zero-order valence-corrected chi connectivity index (χ0v) is 9.97. The molecule has 88 valence electrons. The Morgan fingerprint density at radius 1 is 1.38 bits per heavy atom. The minimum absolute atomic E-state index is 0.239. The molecular weight excluding hydrogens is 202 g/mol. The van der Waals surface area contributed by atoms with Crippen LogP contribution in [0.15, 0.2) is 6.07 Å². The average molecular weight is 221 g/mol. The van der Waals surface area contributed by atoms with Crippen LogP contribution in [0.5, 0.6) is 0 Å². The zero-order chi connectivity index (χ0) is 11.5. The standard InChI is InChI=1S/C12H19N3O/c1-9-7-11(10(2)14-9)8-12(16)15-5-3-13-4-6-15/h7,13-14H,3-6,8H2,1-2H3. The normalized spacial score (nSPS) is 16.5. The SMILES string of the molecule is Cc1cc(CC(=O)N2CCNCC2)c(C)[nH]1. The van der Waals surface area contributed by atoms with Crippen LogP contribution in [-0.4, -0.2) is 42.0 Å². The Balaban J connectivity index is 1.98. The minimum atomic E-state index is 0.239. The van der Waals surface area contributed by atoms with Crippen molar-refractivity contribution in [1.29, 1.82) is 0 Å². The lowest BCUT2D eigenvalue weighted by molar-refractivity contribution is -0.131. The van der Waals surface area contributed by atoms with E-state index in [1.165, 1.54) is 0 Å². The lowest BCUT2D eigenvalue weighted by Crippen LogP contribution is -2.46. The van der Waals surface area contributed by atoms with E-state index in [9.17, 15) is 4.79 Å². The smallest absolute Gasteiger partial charge is 0.227 e. The third-order valence-electron chi connectivity index (χ3n) is 3.07. The number of rotatable bonds is 2. The Kier molecular flexibility index (Phi) is 3.29. The maximum Gasteiger partial charge on any atom is 0.227 e. The molecule has 4 nitrogen and oxygen atoms in total. The number of aromatic amines is 1. The summed E-state index contributed by atoms with van der Waals surface area (Å²) in [6, 6.07) is 2.06. The topological polar surface area (TPSA) is 48.1 Å². The van der Waals surface area contributed by atoms with Crippen LogP contribution in [0.1, 0.15) is 17.0 Å². The largest absolute Gasteiger partial charge is 0.362 e. The van der Waals surface area contributed by atoms with Crippen molar-refractivity contribution in [1.82, 2.24) is 15.2 Å². The van der Waals surface area contributed by atoms with Crippen molar-refractivity contribution in [2.75, 3.05) is 26.2 Å². The fourth-order valence-electron chi connectivity index (χ4n) is 2.15. The predicted octanol–water partition coefficient (Wildman–Crippen LogP) is 0.606. The van der Waals surface area contributed by atoms with E-state index in [-0.39, 0.29) is 5.91 Å². The van der Waals surface area contributed by atoms with Crippen molar-refractivity contribution in [2.45, 2.75) is 20.3 Å². The second kappa shape index (κ2) is 4.70. The van der Waals surface area contributed by atoms with Crippen molar-refractivity contribution in [2.24, 2.45) is 0 Å². The summed E-state index contributed by atoms with van der Waals surface area (Å²) in [5, 5.41) is 3.25. The molecule has 0 aromatic carbocycles. The first-order valence-electron chi connectivity index (χ1n) is 5.80. The summed E-state index contributed by atoms with van der Waals surface area (Å²) in [4.78, 5) is 17.2. The summed E-state index contributed by atoms with van der Waals surface area (Å²) in [5.74, 6) is 0.239. The number of hydrogen-bond acceptors (Lipinski definition) is 2. The summed E-state index contributed by atoms with van der Waals surface area (Å²) < 4.78 is 0. The number of piperazine rings is 1. The van der Waals surface area contributed by atoms with Crippen LogP contribution in [0.2, 0.25) is 0 Å². The average Bonchev–Trinajstić information content (AvgIpc) is 2.59. The molecule has 1 aromatic rings. The minimum Gasteiger partial charge on any atom is -0.362 e. The van der Waals surface area contributed by atoms with Crippen molar-refractivity contribution in [3.63, 3.8) is 0 Å². The van der Waals surface area contributed by atoms with Crippen molar-refractivity contribution >= 4 is 5.91 Å². The fraction of sp³-hybridized carbons (Fsp3) is 0.583. The predicted molar refractivity (Wildman–Crippen MR) is 63.4 cm³/mol. The Morgan fingerprint density at radius 2 is 2.06 bits per heavy atom. The number of carbonyl (C=O) groups excluding carboxylic acids is 1. The molecule has 2 N–H and O–H groups in total. The highest BCUT2D eigenvalue weighted by atomic mass is 16.2. The van der Waals surface area contributed by atoms with E-state index >= 15 is 0 Å². The molecule has 4 heteroatoms. The first kappa shape index (κ1) is 11.2. The second-order valence-electron chi connectivity index (χ2n) is 4.41. The summed E-state index contributed by atoms with van der Waals surface area (Å²) in [7, 11) is 0. The van der Waals surface area contributed by atoms with Gasteiger partial charge in [-0.15, -0.1) is 0 Å². The summed E-state index contributed by atoms with van der Waals surface area (Å²) in [6.07, 6.45) is 0.524. The maximum absolute atomic E-state index is 12.0. The van der Waals surface area contributed by atoms with Crippen LogP contribution in [-0.2, 0) is 11.2 Å². The number of carbonyl (C=O) groups is 1. The van der Waals surface area contributed by atoms with Crippen LogP contribution in [0.25, 0.3) is 0 Å². The van der Waals surface area contributed by atoms with E-state index in [4.69, 9.17) is 0 Å². The molecule has 0 bridgehead atoms. The van der Waals surface area contributed by atoms with Gasteiger partial charge in [-0.05, 0) is 25.5 Å². The van der Waals surface area contributed by atoms with Gasteiger partial charge in [0, 0.05) is 37.6 Å². The van der Waals surface area contributed by atoms with E-state index in [1.54, 1.807) is 0 Å². The number of amides is 1.